The summed E-state index contributed by atoms with van der Waals surface area (Å²) in [6.07, 6.45) is 4.04. The van der Waals surface area contributed by atoms with Crippen molar-refractivity contribution in [1.29, 1.82) is 0 Å². The van der Waals surface area contributed by atoms with Crippen LogP contribution in [-0.4, -0.2) is 54.4 Å². The zero-order chi connectivity index (χ0) is 24.2. The predicted octanol–water partition coefficient (Wildman–Crippen LogP) is 0.961. The Bertz CT molecular complexity index is 1090. The summed E-state index contributed by atoms with van der Waals surface area (Å²) in [4.78, 5) is 53.3. The number of hydrogen-bond donors (Lipinski definition) is 5. The van der Waals surface area contributed by atoms with Gasteiger partial charge in [0.1, 0.15) is 23.5 Å². The molecule has 10 nitrogen and oxygen atoms in total. The Labute approximate surface area is 197 Å². The third-order valence-electron chi connectivity index (χ3n) is 6.56. The highest BCUT2D eigenvalue weighted by Gasteiger charge is 2.34. The normalized spacial score (nSPS) is 19.7. The van der Waals surface area contributed by atoms with E-state index in [4.69, 9.17) is 10.5 Å². The Morgan fingerprint density at radius 3 is 2.62 bits per heavy atom. The molecule has 1 aliphatic carbocycles. The topological polar surface area (TPSA) is 155 Å². The number of aromatic nitrogens is 1. The second kappa shape index (κ2) is 10.1. The van der Waals surface area contributed by atoms with Crippen LogP contribution in [0.15, 0.2) is 24.3 Å². The number of carbonyl (C=O) groups excluding carboxylic acids is 4. The SMILES string of the molecule is COc1cccc2[nH]c(C(=O)NC(CC3CC3)C(=O)NC(C[C@@H]3CCCNC3=O)C(N)=O)cc12. The minimum Gasteiger partial charge on any atom is -0.496 e. The molecule has 182 valence electrons. The van der Waals surface area contributed by atoms with Gasteiger partial charge in [0.2, 0.25) is 17.7 Å². The summed E-state index contributed by atoms with van der Waals surface area (Å²) < 4.78 is 5.35. The number of fused-ring (bicyclic) bond motifs is 1. The molecule has 0 bridgehead atoms. The van der Waals surface area contributed by atoms with Crippen molar-refractivity contribution in [2.45, 2.75) is 50.6 Å². The summed E-state index contributed by atoms with van der Waals surface area (Å²) in [5.41, 5.74) is 6.58. The second-order valence-corrected chi connectivity index (χ2v) is 9.14. The third-order valence-corrected chi connectivity index (χ3v) is 6.56. The van der Waals surface area contributed by atoms with E-state index in [1.54, 1.807) is 19.2 Å². The molecule has 2 aliphatic rings. The van der Waals surface area contributed by atoms with Crippen LogP contribution in [-0.2, 0) is 14.4 Å². The summed E-state index contributed by atoms with van der Waals surface area (Å²) in [6, 6.07) is 5.33. The number of nitrogens with one attached hydrogen (secondary N) is 4. The first-order chi connectivity index (χ1) is 16.4. The van der Waals surface area contributed by atoms with E-state index in [0.717, 1.165) is 30.2 Å². The molecule has 2 aromatic rings. The molecule has 1 aromatic carbocycles. The molecule has 34 heavy (non-hydrogen) atoms. The first-order valence-corrected chi connectivity index (χ1v) is 11.7. The molecule has 6 N–H and O–H groups in total. The number of carbonyl (C=O) groups is 4. The van der Waals surface area contributed by atoms with E-state index in [2.05, 4.69) is 20.9 Å². The zero-order valence-electron chi connectivity index (χ0n) is 19.2. The lowest BCUT2D eigenvalue weighted by Crippen LogP contribution is -2.54. The molecule has 2 heterocycles. The van der Waals surface area contributed by atoms with Crippen molar-refractivity contribution in [2.24, 2.45) is 17.6 Å². The Hall–Kier alpha value is -3.56. The molecular weight excluding hydrogens is 438 g/mol. The second-order valence-electron chi connectivity index (χ2n) is 9.14. The van der Waals surface area contributed by atoms with Gasteiger partial charge in [0, 0.05) is 23.4 Å². The van der Waals surface area contributed by atoms with Gasteiger partial charge in [-0.15, -0.1) is 0 Å². The van der Waals surface area contributed by atoms with E-state index in [9.17, 15) is 19.2 Å². The molecule has 2 unspecified atom stereocenters. The maximum atomic E-state index is 13.1. The monoisotopic (exact) mass is 469 g/mol. The fourth-order valence-electron chi connectivity index (χ4n) is 4.45. The average molecular weight is 470 g/mol. The van der Waals surface area contributed by atoms with Crippen LogP contribution in [0, 0.1) is 11.8 Å². The minimum atomic E-state index is -0.989. The van der Waals surface area contributed by atoms with Crippen LogP contribution in [0.4, 0.5) is 0 Å². The molecule has 3 atom stereocenters. The number of primary amides is 1. The Kier molecular flexibility index (Phi) is 7.04. The number of rotatable bonds is 10. The zero-order valence-corrected chi connectivity index (χ0v) is 19.2. The molecule has 10 heteroatoms. The summed E-state index contributed by atoms with van der Waals surface area (Å²) in [7, 11) is 1.56. The van der Waals surface area contributed by atoms with Crippen LogP contribution >= 0.6 is 0 Å². The van der Waals surface area contributed by atoms with Gasteiger partial charge in [-0.3, -0.25) is 19.2 Å². The fourth-order valence-corrected chi connectivity index (χ4v) is 4.45. The molecule has 1 aromatic heterocycles. The number of benzene rings is 1. The Balaban J connectivity index is 1.46. The number of ether oxygens (including phenoxy) is 1. The van der Waals surface area contributed by atoms with Gasteiger partial charge in [-0.05, 0) is 49.8 Å². The summed E-state index contributed by atoms with van der Waals surface area (Å²) in [5, 5.41) is 9.02. The van der Waals surface area contributed by atoms with E-state index in [0.29, 0.717) is 36.7 Å². The molecule has 0 radical (unpaired) electrons. The number of amides is 4. The van der Waals surface area contributed by atoms with Gasteiger partial charge in [0.15, 0.2) is 0 Å². The van der Waals surface area contributed by atoms with E-state index < -0.39 is 29.8 Å². The van der Waals surface area contributed by atoms with Crippen LogP contribution in [0.3, 0.4) is 0 Å². The number of piperidine rings is 1. The lowest BCUT2D eigenvalue weighted by molar-refractivity contribution is -0.131. The van der Waals surface area contributed by atoms with Crippen LogP contribution in [0.25, 0.3) is 10.9 Å². The third kappa shape index (κ3) is 5.49. The lowest BCUT2D eigenvalue weighted by Gasteiger charge is -2.27. The van der Waals surface area contributed by atoms with Crippen molar-refractivity contribution in [3.8, 4) is 5.75 Å². The molecule has 1 aliphatic heterocycles. The van der Waals surface area contributed by atoms with Crippen molar-refractivity contribution in [1.82, 2.24) is 20.9 Å². The van der Waals surface area contributed by atoms with Gasteiger partial charge in [-0.25, -0.2) is 0 Å². The summed E-state index contributed by atoms with van der Waals surface area (Å²) in [6.45, 7) is 0.609. The van der Waals surface area contributed by atoms with E-state index in [-0.39, 0.29) is 18.2 Å². The minimum absolute atomic E-state index is 0.135. The standard InChI is InChI=1S/C24H31N5O5/c1-34-20-6-2-5-16-15(20)12-19(27-16)24(33)29-18(10-13-7-8-13)23(32)28-17(21(25)30)11-14-4-3-9-26-22(14)31/h2,5-6,12-14,17-18,27H,3-4,7-11H2,1H3,(H2,25,30)(H,26,31)(H,28,32)(H,29,33)/t14-,17?,18?/m0/s1. The van der Waals surface area contributed by atoms with E-state index in [1.807, 2.05) is 12.1 Å². The number of aromatic amines is 1. The number of methoxy groups -OCH3 is 1. The number of H-pyrrole nitrogens is 1. The largest absolute Gasteiger partial charge is 0.496 e. The molecule has 1 saturated carbocycles. The van der Waals surface area contributed by atoms with Gasteiger partial charge in [0.05, 0.1) is 7.11 Å². The smallest absolute Gasteiger partial charge is 0.268 e. The summed E-state index contributed by atoms with van der Waals surface area (Å²) in [5.74, 6) is -1.15. The van der Waals surface area contributed by atoms with Crippen molar-refractivity contribution < 1.29 is 23.9 Å². The van der Waals surface area contributed by atoms with Gasteiger partial charge < -0.3 is 31.4 Å². The van der Waals surface area contributed by atoms with Crippen molar-refractivity contribution in [3.63, 3.8) is 0 Å². The quantitative estimate of drug-likeness (QED) is 0.350. The first kappa shape index (κ1) is 23.6. The molecule has 4 amide bonds. The van der Waals surface area contributed by atoms with Gasteiger partial charge in [-0.1, -0.05) is 18.9 Å². The average Bonchev–Trinajstić information content (AvgIpc) is 3.52. The molecule has 2 fully saturated rings. The van der Waals surface area contributed by atoms with Gasteiger partial charge in [0.25, 0.3) is 5.91 Å². The number of hydrogen-bond acceptors (Lipinski definition) is 5. The number of nitrogens with two attached hydrogens (primary N) is 1. The summed E-state index contributed by atoms with van der Waals surface area (Å²) >= 11 is 0. The molecule has 1 saturated heterocycles. The van der Waals surface area contributed by atoms with E-state index >= 15 is 0 Å². The molecular formula is C24H31N5O5. The molecule has 0 spiro atoms. The first-order valence-electron chi connectivity index (χ1n) is 11.7. The van der Waals surface area contributed by atoms with Crippen LogP contribution in [0.5, 0.6) is 5.75 Å². The Morgan fingerprint density at radius 1 is 1.15 bits per heavy atom. The van der Waals surface area contributed by atoms with Crippen molar-refractivity contribution in [2.75, 3.05) is 13.7 Å². The van der Waals surface area contributed by atoms with Crippen LogP contribution < -0.4 is 26.4 Å². The van der Waals surface area contributed by atoms with Crippen molar-refractivity contribution >= 4 is 34.5 Å². The van der Waals surface area contributed by atoms with Crippen molar-refractivity contribution in [3.05, 3.63) is 30.0 Å². The molecule has 4 rings (SSSR count). The highest BCUT2D eigenvalue weighted by atomic mass is 16.5. The lowest BCUT2D eigenvalue weighted by atomic mass is 9.91. The van der Waals surface area contributed by atoms with Gasteiger partial charge >= 0.3 is 0 Å². The maximum Gasteiger partial charge on any atom is 0.268 e. The highest BCUT2D eigenvalue weighted by Crippen LogP contribution is 2.34. The van der Waals surface area contributed by atoms with Gasteiger partial charge in [-0.2, -0.15) is 0 Å². The fraction of sp³-hybridized carbons (Fsp3) is 0.500. The maximum absolute atomic E-state index is 13.1. The van der Waals surface area contributed by atoms with Crippen LogP contribution in [0.2, 0.25) is 0 Å². The highest BCUT2D eigenvalue weighted by molar-refractivity contribution is 6.01. The Morgan fingerprint density at radius 2 is 1.94 bits per heavy atom. The van der Waals surface area contributed by atoms with Crippen LogP contribution in [0.1, 0.15) is 49.0 Å². The van der Waals surface area contributed by atoms with E-state index in [1.165, 1.54) is 0 Å². The predicted molar refractivity (Wildman–Crippen MR) is 125 cm³/mol.